The highest BCUT2D eigenvalue weighted by Gasteiger charge is 2.12. The Morgan fingerprint density at radius 3 is 2.61 bits per heavy atom. The van der Waals surface area contributed by atoms with Gasteiger partial charge in [-0.25, -0.2) is 0 Å². The average Bonchev–Trinajstić information content (AvgIpc) is 2.59. The van der Waals surface area contributed by atoms with Crippen LogP contribution in [0.4, 0.5) is 0 Å². The second-order valence-corrected chi connectivity index (χ2v) is 5.21. The Morgan fingerprint density at radius 2 is 1.91 bits per heavy atom. The van der Waals surface area contributed by atoms with E-state index in [4.69, 9.17) is 14.7 Å². The van der Waals surface area contributed by atoms with E-state index in [1.165, 1.54) is 0 Å². The summed E-state index contributed by atoms with van der Waals surface area (Å²) in [5, 5.41) is 18.3. The molecule has 0 aromatic heterocycles. The first-order valence-corrected chi connectivity index (χ1v) is 7.35. The summed E-state index contributed by atoms with van der Waals surface area (Å²) in [4.78, 5) is 0. The van der Waals surface area contributed by atoms with Crippen molar-refractivity contribution < 1.29 is 9.47 Å². The topological polar surface area (TPSA) is 66.0 Å². The highest BCUT2D eigenvalue weighted by atomic mass is 16.5. The van der Waals surface area contributed by atoms with Gasteiger partial charge in [-0.05, 0) is 42.3 Å². The number of methoxy groups -OCH3 is 1. The van der Waals surface area contributed by atoms with Gasteiger partial charge in [0, 0.05) is 6.42 Å². The average molecular weight is 306 g/mol. The molecule has 2 rings (SSSR count). The highest BCUT2D eigenvalue weighted by molar-refractivity contribution is 5.42. The molecule has 0 fully saturated rings. The van der Waals surface area contributed by atoms with Gasteiger partial charge < -0.3 is 9.47 Å². The zero-order valence-corrected chi connectivity index (χ0v) is 13.2. The van der Waals surface area contributed by atoms with Gasteiger partial charge in [-0.1, -0.05) is 18.2 Å². The summed E-state index contributed by atoms with van der Waals surface area (Å²) in [7, 11) is 1.60. The summed E-state index contributed by atoms with van der Waals surface area (Å²) in [6.07, 6.45) is 0.544. The van der Waals surface area contributed by atoms with E-state index in [0.717, 1.165) is 11.1 Å². The van der Waals surface area contributed by atoms with Crippen molar-refractivity contribution in [2.45, 2.75) is 19.3 Å². The smallest absolute Gasteiger partial charge is 0.161 e. The minimum atomic E-state index is -0.306. The third-order valence-corrected chi connectivity index (χ3v) is 3.56. The SMILES string of the molecule is COc1cc(C)ccc1OCCC(C#N)c1cccc(C#N)c1. The standard InChI is InChI=1S/C19H18N2O2/c1-14-6-7-18(19(10-14)22-2)23-9-8-17(13-21)16-5-3-4-15(11-16)12-20/h3-7,10-11,17H,8-9H2,1-2H3. The number of hydrogen-bond donors (Lipinski definition) is 0. The van der Waals surface area contributed by atoms with E-state index in [1.54, 1.807) is 25.3 Å². The number of ether oxygens (including phenoxy) is 2. The molecular formula is C19H18N2O2. The van der Waals surface area contributed by atoms with E-state index in [0.29, 0.717) is 30.1 Å². The van der Waals surface area contributed by atoms with Crippen molar-refractivity contribution in [1.29, 1.82) is 10.5 Å². The monoisotopic (exact) mass is 306 g/mol. The summed E-state index contributed by atoms with van der Waals surface area (Å²) in [5.41, 5.74) is 2.49. The molecule has 0 bridgehead atoms. The Hall–Kier alpha value is -2.98. The molecule has 116 valence electrons. The van der Waals surface area contributed by atoms with Crippen LogP contribution in [0.15, 0.2) is 42.5 Å². The molecule has 4 heteroatoms. The fraction of sp³-hybridized carbons (Fsp3) is 0.263. The Morgan fingerprint density at radius 1 is 1.09 bits per heavy atom. The second-order valence-electron chi connectivity index (χ2n) is 5.21. The number of rotatable bonds is 6. The lowest BCUT2D eigenvalue weighted by Gasteiger charge is -2.13. The van der Waals surface area contributed by atoms with Crippen molar-refractivity contribution in [3.8, 4) is 23.6 Å². The predicted molar refractivity (Wildman–Crippen MR) is 87.4 cm³/mol. The molecule has 0 radical (unpaired) electrons. The molecule has 23 heavy (non-hydrogen) atoms. The number of hydrogen-bond acceptors (Lipinski definition) is 4. The molecule has 1 unspecified atom stereocenters. The van der Waals surface area contributed by atoms with E-state index < -0.39 is 0 Å². The summed E-state index contributed by atoms with van der Waals surface area (Å²) in [6, 6.07) is 17.2. The van der Waals surface area contributed by atoms with Crippen LogP contribution in [0.1, 0.15) is 29.0 Å². The zero-order chi connectivity index (χ0) is 16.7. The largest absolute Gasteiger partial charge is 0.493 e. The van der Waals surface area contributed by atoms with Crippen LogP contribution in [-0.4, -0.2) is 13.7 Å². The van der Waals surface area contributed by atoms with E-state index in [9.17, 15) is 5.26 Å². The maximum absolute atomic E-state index is 9.36. The third kappa shape index (κ3) is 4.25. The van der Waals surface area contributed by atoms with E-state index in [2.05, 4.69) is 12.1 Å². The summed E-state index contributed by atoms with van der Waals surface area (Å²) < 4.78 is 11.1. The quantitative estimate of drug-likeness (QED) is 0.810. The van der Waals surface area contributed by atoms with E-state index in [-0.39, 0.29) is 5.92 Å². The van der Waals surface area contributed by atoms with Crippen LogP contribution in [0.2, 0.25) is 0 Å². The Kier molecular flexibility index (Phi) is 5.61. The Bertz CT molecular complexity index is 757. The van der Waals surface area contributed by atoms with Gasteiger partial charge >= 0.3 is 0 Å². The molecular weight excluding hydrogens is 288 g/mol. The molecule has 0 heterocycles. The first kappa shape index (κ1) is 16.4. The summed E-state index contributed by atoms with van der Waals surface area (Å²) in [6.45, 7) is 2.38. The molecule has 2 aromatic rings. The van der Waals surface area contributed by atoms with Gasteiger partial charge in [-0.3, -0.25) is 0 Å². The van der Waals surface area contributed by atoms with Gasteiger partial charge in [0.05, 0.1) is 37.3 Å². The van der Waals surface area contributed by atoms with Crippen LogP contribution < -0.4 is 9.47 Å². The first-order chi connectivity index (χ1) is 11.2. The van der Waals surface area contributed by atoms with Crippen LogP contribution >= 0.6 is 0 Å². The fourth-order valence-electron chi connectivity index (χ4n) is 2.31. The number of aryl methyl sites for hydroxylation is 1. The van der Waals surface area contributed by atoms with Crippen molar-refractivity contribution in [2.24, 2.45) is 0 Å². The molecule has 4 nitrogen and oxygen atoms in total. The number of benzene rings is 2. The van der Waals surface area contributed by atoms with Gasteiger partial charge in [0.2, 0.25) is 0 Å². The normalized spacial score (nSPS) is 11.1. The zero-order valence-electron chi connectivity index (χ0n) is 13.2. The van der Waals surface area contributed by atoms with Crippen molar-refractivity contribution >= 4 is 0 Å². The maximum atomic E-state index is 9.36. The lowest BCUT2D eigenvalue weighted by molar-refractivity contribution is 0.285. The maximum Gasteiger partial charge on any atom is 0.161 e. The predicted octanol–water partition coefficient (Wildman–Crippen LogP) is 3.95. The van der Waals surface area contributed by atoms with E-state index in [1.807, 2.05) is 31.2 Å². The third-order valence-electron chi connectivity index (χ3n) is 3.56. The van der Waals surface area contributed by atoms with Crippen molar-refractivity contribution in [3.05, 3.63) is 59.2 Å². The molecule has 1 atom stereocenters. The molecule has 0 saturated heterocycles. The summed E-state index contributed by atoms with van der Waals surface area (Å²) in [5.74, 6) is 1.05. The van der Waals surface area contributed by atoms with Gasteiger partial charge in [0.15, 0.2) is 11.5 Å². The van der Waals surface area contributed by atoms with Gasteiger partial charge in [0.25, 0.3) is 0 Å². The van der Waals surface area contributed by atoms with Crippen LogP contribution in [0.3, 0.4) is 0 Å². The van der Waals surface area contributed by atoms with Crippen molar-refractivity contribution in [1.82, 2.24) is 0 Å². The molecule has 2 aromatic carbocycles. The van der Waals surface area contributed by atoms with Gasteiger partial charge in [0.1, 0.15) is 0 Å². The van der Waals surface area contributed by atoms with Crippen molar-refractivity contribution in [2.75, 3.05) is 13.7 Å². The molecule has 0 N–H and O–H groups in total. The minimum absolute atomic E-state index is 0.306. The first-order valence-electron chi connectivity index (χ1n) is 7.35. The second kappa shape index (κ2) is 7.87. The Balaban J connectivity index is 2.02. The van der Waals surface area contributed by atoms with Crippen LogP contribution in [0.25, 0.3) is 0 Å². The highest BCUT2D eigenvalue weighted by Crippen LogP contribution is 2.28. The van der Waals surface area contributed by atoms with Gasteiger partial charge in [-0.15, -0.1) is 0 Å². The van der Waals surface area contributed by atoms with Crippen LogP contribution in [0.5, 0.6) is 11.5 Å². The summed E-state index contributed by atoms with van der Waals surface area (Å²) >= 11 is 0. The number of nitrogens with zero attached hydrogens (tertiary/aromatic N) is 2. The van der Waals surface area contributed by atoms with Crippen LogP contribution in [-0.2, 0) is 0 Å². The van der Waals surface area contributed by atoms with Gasteiger partial charge in [-0.2, -0.15) is 10.5 Å². The van der Waals surface area contributed by atoms with E-state index >= 15 is 0 Å². The lowest BCUT2D eigenvalue weighted by atomic mass is 9.96. The molecule has 0 aliphatic carbocycles. The van der Waals surface area contributed by atoms with Crippen LogP contribution in [0, 0.1) is 29.6 Å². The molecule has 0 saturated carbocycles. The number of nitriles is 2. The molecule has 0 aliphatic rings. The molecule has 0 aliphatic heterocycles. The molecule has 0 amide bonds. The minimum Gasteiger partial charge on any atom is -0.493 e. The molecule has 0 spiro atoms. The lowest BCUT2D eigenvalue weighted by Crippen LogP contribution is -2.05. The van der Waals surface area contributed by atoms with Crippen molar-refractivity contribution in [3.63, 3.8) is 0 Å². The Labute approximate surface area is 136 Å². The fourth-order valence-corrected chi connectivity index (χ4v) is 2.31.